The smallest absolute Gasteiger partial charge is 0.256 e. The van der Waals surface area contributed by atoms with Crippen molar-refractivity contribution >= 4 is 27.3 Å². The Balaban J connectivity index is 1.44. The highest BCUT2D eigenvalue weighted by Gasteiger charge is 2.36. The summed E-state index contributed by atoms with van der Waals surface area (Å²) in [5.74, 6) is -0.754. The van der Waals surface area contributed by atoms with E-state index in [4.69, 9.17) is 0 Å². The minimum Gasteiger partial charge on any atom is -0.348 e. The maximum absolute atomic E-state index is 13.7. The lowest BCUT2D eigenvalue weighted by molar-refractivity contribution is 0.0670. The first-order valence-corrected chi connectivity index (χ1v) is 14.7. The molecule has 4 aromatic rings. The third-order valence-corrected chi connectivity index (χ3v) is 8.58. The summed E-state index contributed by atoms with van der Waals surface area (Å²) in [4.78, 5) is 33.4. The van der Waals surface area contributed by atoms with Gasteiger partial charge in [0.1, 0.15) is 5.65 Å². The maximum Gasteiger partial charge on any atom is 0.256 e. The second-order valence-corrected chi connectivity index (χ2v) is 12.2. The largest absolute Gasteiger partial charge is 0.348 e. The summed E-state index contributed by atoms with van der Waals surface area (Å²) >= 11 is 0. The van der Waals surface area contributed by atoms with E-state index in [1.54, 1.807) is 13.1 Å². The summed E-state index contributed by atoms with van der Waals surface area (Å²) in [7, 11) is -2.17. The van der Waals surface area contributed by atoms with Crippen LogP contribution in [0.4, 0.5) is 0 Å². The van der Waals surface area contributed by atoms with Gasteiger partial charge in [0.2, 0.25) is 0 Å². The fourth-order valence-electron chi connectivity index (χ4n) is 5.59. The molecule has 10 nitrogen and oxygen atoms in total. The SMILES string of the molecule is Cc1nn(C)c(S(C)(=O)=O)c1C(=O)N[C@@H]1CCN(C(=O)c2cc(C)c3ncc(C)n3c2)C[C@@H]1c1ccccc1. The molecule has 4 heterocycles. The number of nitrogens with zero attached hydrogens (tertiary/aromatic N) is 5. The summed E-state index contributed by atoms with van der Waals surface area (Å²) in [6.07, 6.45) is 5.20. The first-order chi connectivity index (χ1) is 18.5. The van der Waals surface area contributed by atoms with Crippen LogP contribution in [0.25, 0.3) is 5.65 Å². The van der Waals surface area contributed by atoms with Gasteiger partial charge in [0.15, 0.2) is 14.9 Å². The van der Waals surface area contributed by atoms with Crippen molar-refractivity contribution in [2.24, 2.45) is 7.05 Å². The van der Waals surface area contributed by atoms with Crippen molar-refractivity contribution < 1.29 is 18.0 Å². The summed E-state index contributed by atoms with van der Waals surface area (Å²) in [6, 6.07) is 11.3. The average Bonchev–Trinajstić information content (AvgIpc) is 3.42. The Hall–Kier alpha value is -3.99. The number of amides is 2. The summed E-state index contributed by atoms with van der Waals surface area (Å²) in [5.41, 5.74) is 4.67. The number of piperidine rings is 1. The number of pyridine rings is 1. The van der Waals surface area contributed by atoms with E-state index in [9.17, 15) is 18.0 Å². The van der Waals surface area contributed by atoms with Crippen molar-refractivity contribution in [1.82, 2.24) is 29.4 Å². The van der Waals surface area contributed by atoms with Crippen LogP contribution in [0.3, 0.4) is 0 Å². The molecule has 1 fully saturated rings. The zero-order valence-corrected chi connectivity index (χ0v) is 23.5. The predicted molar refractivity (Wildman–Crippen MR) is 147 cm³/mol. The molecule has 1 saturated heterocycles. The second-order valence-electron chi connectivity index (χ2n) is 10.3. The molecule has 0 aliphatic carbocycles. The van der Waals surface area contributed by atoms with Gasteiger partial charge in [-0.3, -0.25) is 14.3 Å². The number of carbonyl (C=O) groups is 2. The number of rotatable bonds is 5. The van der Waals surface area contributed by atoms with Crippen LogP contribution in [0.5, 0.6) is 0 Å². The maximum atomic E-state index is 13.7. The highest BCUT2D eigenvalue weighted by molar-refractivity contribution is 7.90. The Morgan fingerprint density at radius 1 is 1.10 bits per heavy atom. The molecule has 0 radical (unpaired) electrons. The molecule has 3 aromatic heterocycles. The number of aryl methyl sites for hydroxylation is 4. The summed E-state index contributed by atoms with van der Waals surface area (Å²) < 4.78 is 28.0. The number of carbonyl (C=O) groups excluding carboxylic acids is 2. The molecule has 1 N–H and O–H groups in total. The molecular formula is C28H32N6O4S. The van der Waals surface area contributed by atoms with E-state index in [1.165, 1.54) is 11.7 Å². The van der Waals surface area contributed by atoms with E-state index >= 15 is 0 Å². The number of hydrogen-bond acceptors (Lipinski definition) is 6. The molecule has 204 valence electrons. The second kappa shape index (κ2) is 9.96. The van der Waals surface area contributed by atoms with Gasteiger partial charge in [-0.25, -0.2) is 13.4 Å². The van der Waals surface area contributed by atoms with E-state index in [2.05, 4.69) is 15.4 Å². The lowest BCUT2D eigenvalue weighted by Gasteiger charge is -2.39. The molecule has 5 rings (SSSR count). The van der Waals surface area contributed by atoms with Crippen molar-refractivity contribution in [3.8, 4) is 0 Å². The number of hydrogen-bond donors (Lipinski definition) is 1. The minimum absolute atomic E-state index is 0.0600. The number of likely N-dealkylation sites (tertiary alicyclic amines) is 1. The van der Waals surface area contributed by atoms with Crippen LogP contribution >= 0.6 is 0 Å². The lowest BCUT2D eigenvalue weighted by atomic mass is 9.85. The molecule has 1 aliphatic heterocycles. The highest BCUT2D eigenvalue weighted by atomic mass is 32.2. The zero-order chi connectivity index (χ0) is 28.1. The van der Waals surface area contributed by atoms with Crippen LogP contribution < -0.4 is 5.32 Å². The van der Waals surface area contributed by atoms with Crippen molar-refractivity contribution in [2.75, 3.05) is 19.3 Å². The third kappa shape index (κ3) is 4.94. The van der Waals surface area contributed by atoms with Gasteiger partial charge in [-0.1, -0.05) is 30.3 Å². The Bertz CT molecular complexity index is 1690. The van der Waals surface area contributed by atoms with Gasteiger partial charge >= 0.3 is 0 Å². The third-order valence-electron chi connectivity index (χ3n) is 7.41. The molecule has 2 amide bonds. The van der Waals surface area contributed by atoms with Crippen LogP contribution in [-0.2, 0) is 16.9 Å². The van der Waals surface area contributed by atoms with Crippen molar-refractivity contribution in [1.29, 1.82) is 0 Å². The molecule has 1 aromatic carbocycles. The Labute approximate surface area is 227 Å². The van der Waals surface area contributed by atoms with E-state index < -0.39 is 15.7 Å². The van der Waals surface area contributed by atoms with Crippen LogP contribution in [0.2, 0.25) is 0 Å². The highest BCUT2D eigenvalue weighted by Crippen LogP contribution is 2.30. The van der Waals surface area contributed by atoms with Crippen molar-refractivity contribution in [2.45, 2.75) is 44.2 Å². The Morgan fingerprint density at radius 2 is 1.82 bits per heavy atom. The molecule has 0 saturated carbocycles. The van der Waals surface area contributed by atoms with Crippen molar-refractivity contribution in [3.05, 3.63) is 82.4 Å². The molecule has 0 bridgehead atoms. The molecule has 11 heteroatoms. The number of aromatic nitrogens is 4. The summed E-state index contributed by atoms with van der Waals surface area (Å²) in [5, 5.41) is 7.16. The number of benzene rings is 1. The first-order valence-electron chi connectivity index (χ1n) is 12.8. The van der Waals surface area contributed by atoms with Gasteiger partial charge < -0.3 is 14.6 Å². The van der Waals surface area contributed by atoms with Gasteiger partial charge in [0.25, 0.3) is 11.8 Å². The van der Waals surface area contributed by atoms with Crippen LogP contribution in [0, 0.1) is 20.8 Å². The quantitative estimate of drug-likeness (QED) is 0.410. The van der Waals surface area contributed by atoms with Gasteiger partial charge in [0, 0.05) is 56.4 Å². The topological polar surface area (TPSA) is 119 Å². The van der Waals surface area contributed by atoms with Crippen LogP contribution in [0.15, 0.2) is 53.8 Å². The van der Waals surface area contributed by atoms with E-state index in [0.717, 1.165) is 28.7 Å². The van der Waals surface area contributed by atoms with E-state index in [1.807, 2.05) is 65.7 Å². The van der Waals surface area contributed by atoms with Crippen LogP contribution in [0.1, 0.15) is 55.6 Å². The standard InChI is InChI=1S/C28H32N6O4S/c1-17-13-21(15-34-18(2)14-29-25(17)34)27(36)33-12-11-23(22(16-33)20-9-7-6-8-10-20)30-26(35)24-19(3)31-32(4)28(24)39(5,37)38/h6-10,13-15,22-23H,11-12,16H2,1-5H3,(H,30,35)/t22-,23-/m1/s1. The van der Waals surface area contributed by atoms with Gasteiger partial charge in [-0.2, -0.15) is 5.10 Å². The zero-order valence-electron chi connectivity index (χ0n) is 22.7. The summed E-state index contributed by atoms with van der Waals surface area (Å²) in [6.45, 7) is 6.36. The monoisotopic (exact) mass is 548 g/mol. The number of nitrogens with one attached hydrogen (secondary N) is 1. The van der Waals surface area contributed by atoms with E-state index in [0.29, 0.717) is 30.8 Å². The number of fused-ring (bicyclic) bond motifs is 1. The Morgan fingerprint density at radius 3 is 2.51 bits per heavy atom. The van der Waals surface area contributed by atoms with Gasteiger partial charge in [0.05, 0.1) is 16.8 Å². The molecular weight excluding hydrogens is 516 g/mol. The first kappa shape index (κ1) is 26.6. The predicted octanol–water partition coefficient (Wildman–Crippen LogP) is 2.82. The number of sulfone groups is 1. The molecule has 1 aliphatic rings. The normalized spacial score (nSPS) is 17.9. The van der Waals surface area contributed by atoms with Gasteiger partial charge in [-0.15, -0.1) is 0 Å². The lowest BCUT2D eigenvalue weighted by Crippen LogP contribution is -2.51. The minimum atomic E-state index is -3.68. The number of imidazole rings is 1. The van der Waals surface area contributed by atoms with Crippen molar-refractivity contribution in [3.63, 3.8) is 0 Å². The molecule has 39 heavy (non-hydrogen) atoms. The fraction of sp³-hybridized carbons (Fsp3) is 0.357. The molecule has 0 spiro atoms. The Kier molecular flexibility index (Phi) is 6.79. The van der Waals surface area contributed by atoms with Crippen LogP contribution in [-0.4, -0.2) is 69.7 Å². The molecule has 0 unspecified atom stereocenters. The average molecular weight is 549 g/mol. The van der Waals surface area contributed by atoms with E-state index in [-0.39, 0.29) is 28.5 Å². The van der Waals surface area contributed by atoms with Gasteiger partial charge in [-0.05, 0) is 44.4 Å². The molecule has 2 atom stereocenters. The fourth-order valence-corrected chi connectivity index (χ4v) is 6.72.